The molecule has 1 aliphatic carbocycles. The highest BCUT2D eigenvalue weighted by molar-refractivity contribution is 6.30. The molecule has 3 N–H and O–H groups in total. The molecule has 2 atom stereocenters. The molecule has 0 aliphatic heterocycles. The molecule has 1 fully saturated rings. The fraction of sp³-hybridized carbons (Fsp3) is 0.538. The van der Waals surface area contributed by atoms with E-state index in [1.807, 2.05) is 0 Å². The molecule has 1 aromatic rings. The third kappa shape index (κ3) is 3.43. The Morgan fingerprint density at radius 3 is 2.83 bits per heavy atom. The van der Waals surface area contributed by atoms with Crippen LogP contribution in [0.15, 0.2) is 18.3 Å². The number of carbonyl (C=O) groups excluding carboxylic acids is 1. The zero-order valence-electron chi connectivity index (χ0n) is 10.2. The Labute approximate surface area is 112 Å². The number of nitrogens with two attached hydrogens (primary N) is 1. The molecule has 2 unspecified atom stereocenters. The van der Waals surface area contributed by atoms with Crippen molar-refractivity contribution in [2.75, 3.05) is 5.32 Å². The van der Waals surface area contributed by atoms with Crippen LogP contribution in [0.5, 0.6) is 0 Å². The molecule has 4 nitrogen and oxygen atoms in total. The minimum Gasteiger partial charge on any atom is -0.327 e. The molecule has 5 heteroatoms. The van der Waals surface area contributed by atoms with Gasteiger partial charge in [-0.05, 0) is 25.0 Å². The Morgan fingerprint density at radius 2 is 2.11 bits per heavy atom. The maximum Gasteiger partial charge on any atom is 0.230 e. The third-order valence-electron chi connectivity index (χ3n) is 3.38. The van der Waals surface area contributed by atoms with Crippen LogP contribution in [0, 0.1) is 5.92 Å². The number of hydrogen-bond donors (Lipinski definition) is 2. The highest BCUT2D eigenvalue weighted by atomic mass is 35.5. The molecular formula is C13H18ClN3O. The van der Waals surface area contributed by atoms with Crippen LogP contribution in [0.1, 0.15) is 32.1 Å². The van der Waals surface area contributed by atoms with Crippen molar-refractivity contribution >= 4 is 23.3 Å². The maximum atomic E-state index is 12.2. The molecule has 1 amide bonds. The number of pyridine rings is 1. The van der Waals surface area contributed by atoms with E-state index in [0.29, 0.717) is 10.8 Å². The lowest BCUT2D eigenvalue weighted by atomic mass is 9.94. The SMILES string of the molecule is NC1CCCCCC1C(=O)Nc1ccc(Cl)cn1. The standard InChI is InChI=1S/C13H18ClN3O/c14-9-6-7-12(16-8-9)17-13(18)10-4-2-1-3-5-11(10)15/h6-8,10-11H,1-5,15H2,(H,16,17,18). The number of hydrogen-bond acceptors (Lipinski definition) is 3. The van der Waals surface area contributed by atoms with E-state index in [4.69, 9.17) is 17.3 Å². The Hall–Kier alpha value is -1.13. The molecule has 1 saturated carbocycles. The van der Waals surface area contributed by atoms with Crippen molar-refractivity contribution in [1.82, 2.24) is 4.98 Å². The molecule has 0 saturated heterocycles. The first-order valence-corrected chi connectivity index (χ1v) is 6.72. The molecule has 0 bridgehead atoms. The number of rotatable bonds is 2. The lowest BCUT2D eigenvalue weighted by molar-refractivity contribution is -0.120. The minimum absolute atomic E-state index is 0.0285. The van der Waals surface area contributed by atoms with Gasteiger partial charge in [-0.3, -0.25) is 4.79 Å². The average Bonchev–Trinajstić information content (AvgIpc) is 2.57. The monoisotopic (exact) mass is 267 g/mol. The third-order valence-corrected chi connectivity index (χ3v) is 3.61. The van der Waals surface area contributed by atoms with E-state index in [0.717, 1.165) is 32.1 Å². The summed E-state index contributed by atoms with van der Waals surface area (Å²) in [5.74, 6) is 0.394. The van der Waals surface area contributed by atoms with Gasteiger partial charge in [-0.25, -0.2) is 4.98 Å². The molecule has 0 spiro atoms. The van der Waals surface area contributed by atoms with E-state index in [1.165, 1.54) is 6.20 Å². The Balaban J connectivity index is 1.99. The topological polar surface area (TPSA) is 68.0 Å². The van der Waals surface area contributed by atoms with Gasteiger partial charge in [-0.1, -0.05) is 30.9 Å². The highest BCUT2D eigenvalue weighted by Gasteiger charge is 2.27. The van der Waals surface area contributed by atoms with Gasteiger partial charge in [-0.2, -0.15) is 0 Å². The number of nitrogens with one attached hydrogen (secondary N) is 1. The molecule has 1 aliphatic rings. The summed E-state index contributed by atoms with van der Waals surface area (Å²) in [6.07, 6.45) is 6.65. The molecule has 18 heavy (non-hydrogen) atoms. The van der Waals surface area contributed by atoms with Crippen molar-refractivity contribution < 1.29 is 4.79 Å². The zero-order chi connectivity index (χ0) is 13.0. The minimum atomic E-state index is -0.107. The summed E-state index contributed by atoms with van der Waals surface area (Å²) < 4.78 is 0. The number of amides is 1. The van der Waals surface area contributed by atoms with Crippen molar-refractivity contribution in [2.24, 2.45) is 11.7 Å². The predicted octanol–water partition coefficient (Wildman–Crippen LogP) is 2.58. The maximum absolute atomic E-state index is 12.2. The first kappa shape index (κ1) is 13.3. The smallest absolute Gasteiger partial charge is 0.230 e. The highest BCUT2D eigenvalue weighted by Crippen LogP contribution is 2.23. The summed E-state index contributed by atoms with van der Waals surface area (Å²) in [5.41, 5.74) is 6.06. The number of nitrogens with zero attached hydrogens (tertiary/aromatic N) is 1. The number of halogens is 1. The normalized spacial score (nSPS) is 24.3. The second-order valence-corrected chi connectivity index (χ2v) is 5.20. The number of anilines is 1. The summed E-state index contributed by atoms with van der Waals surface area (Å²) in [7, 11) is 0. The van der Waals surface area contributed by atoms with Gasteiger partial charge in [0.2, 0.25) is 5.91 Å². The van der Waals surface area contributed by atoms with Crippen LogP contribution < -0.4 is 11.1 Å². The Morgan fingerprint density at radius 1 is 1.33 bits per heavy atom. The van der Waals surface area contributed by atoms with E-state index in [1.54, 1.807) is 12.1 Å². The van der Waals surface area contributed by atoms with Crippen molar-refractivity contribution in [2.45, 2.75) is 38.1 Å². The van der Waals surface area contributed by atoms with Crippen LogP contribution in [-0.2, 0) is 4.79 Å². The van der Waals surface area contributed by atoms with Crippen LogP contribution in [0.3, 0.4) is 0 Å². The fourth-order valence-electron chi connectivity index (χ4n) is 2.33. The van der Waals surface area contributed by atoms with Gasteiger partial charge >= 0.3 is 0 Å². The number of aromatic nitrogens is 1. The van der Waals surface area contributed by atoms with Gasteiger partial charge in [-0.15, -0.1) is 0 Å². The van der Waals surface area contributed by atoms with Crippen molar-refractivity contribution in [3.8, 4) is 0 Å². The van der Waals surface area contributed by atoms with Gasteiger partial charge in [0.15, 0.2) is 0 Å². The molecule has 2 rings (SSSR count). The van der Waals surface area contributed by atoms with Crippen molar-refractivity contribution in [3.63, 3.8) is 0 Å². The van der Waals surface area contributed by atoms with Gasteiger partial charge in [0.05, 0.1) is 10.9 Å². The van der Waals surface area contributed by atoms with E-state index < -0.39 is 0 Å². The zero-order valence-corrected chi connectivity index (χ0v) is 11.0. The summed E-state index contributed by atoms with van der Waals surface area (Å²) in [4.78, 5) is 16.2. The second kappa shape index (κ2) is 6.16. The molecule has 0 aromatic carbocycles. The summed E-state index contributed by atoms with van der Waals surface area (Å²) in [6.45, 7) is 0. The van der Waals surface area contributed by atoms with Crippen LogP contribution in [-0.4, -0.2) is 16.9 Å². The first-order chi connectivity index (χ1) is 8.66. The summed E-state index contributed by atoms with van der Waals surface area (Å²) in [6, 6.07) is 3.36. The molecule has 98 valence electrons. The van der Waals surface area contributed by atoms with Crippen molar-refractivity contribution in [3.05, 3.63) is 23.4 Å². The molecule has 1 heterocycles. The van der Waals surface area contributed by atoms with Crippen molar-refractivity contribution in [1.29, 1.82) is 0 Å². The molecule has 1 aromatic heterocycles. The van der Waals surface area contributed by atoms with Gasteiger partial charge < -0.3 is 11.1 Å². The lowest BCUT2D eigenvalue weighted by Crippen LogP contribution is -2.37. The van der Waals surface area contributed by atoms with Gasteiger partial charge in [0, 0.05) is 12.2 Å². The van der Waals surface area contributed by atoms with E-state index in [2.05, 4.69) is 10.3 Å². The number of carbonyl (C=O) groups is 1. The van der Waals surface area contributed by atoms with Crippen LogP contribution in [0.2, 0.25) is 5.02 Å². The van der Waals surface area contributed by atoms with E-state index >= 15 is 0 Å². The van der Waals surface area contributed by atoms with Gasteiger partial charge in [0.25, 0.3) is 0 Å². The largest absolute Gasteiger partial charge is 0.327 e. The summed E-state index contributed by atoms with van der Waals surface area (Å²) in [5, 5.41) is 3.36. The molecular weight excluding hydrogens is 250 g/mol. The Bertz CT molecular complexity index is 407. The van der Waals surface area contributed by atoms with E-state index in [9.17, 15) is 4.79 Å². The average molecular weight is 268 g/mol. The van der Waals surface area contributed by atoms with Crippen LogP contribution >= 0.6 is 11.6 Å². The first-order valence-electron chi connectivity index (χ1n) is 6.35. The second-order valence-electron chi connectivity index (χ2n) is 4.76. The predicted molar refractivity (Wildman–Crippen MR) is 72.4 cm³/mol. The quantitative estimate of drug-likeness (QED) is 0.810. The van der Waals surface area contributed by atoms with E-state index in [-0.39, 0.29) is 17.9 Å². The Kier molecular flexibility index (Phi) is 4.55. The lowest BCUT2D eigenvalue weighted by Gasteiger charge is -2.20. The fourth-order valence-corrected chi connectivity index (χ4v) is 2.44. The van der Waals surface area contributed by atoms with Gasteiger partial charge in [0.1, 0.15) is 5.82 Å². The summed E-state index contributed by atoms with van der Waals surface area (Å²) >= 11 is 5.75. The van der Waals surface area contributed by atoms with Crippen LogP contribution in [0.4, 0.5) is 5.82 Å². The van der Waals surface area contributed by atoms with Crippen LogP contribution in [0.25, 0.3) is 0 Å². The molecule has 0 radical (unpaired) electrons.